The Bertz CT molecular complexity index is 207. The molecule has 0 aromatic rings. The Morgan fingerprint density at radius 2 is 1.25 bits per heavy atom. The minimum atomic E-state index is 1.00. The molecule has 0 fully saturated rings. The van der Waals surface area contributed by atoms with Gasteiger partial charge in [0.1, 0.15) is 4.32 Å². The van der Waals surface area contributed by atoms with Crippen molar-refractivity contribution < 1.29 is 0 Å². The Morgan fingerprint density at radius 1 is 0.750 bits per heavy atom. The molecule has 0 aliphatic heterocycles. The van der Waals surface area contributed by atoms with E-state index in [1.54, 1.807) is 0 Å². The zero-order valence-corrected chi connectivity index (χ0v) is 15.3. The second-order valence-electron chi connectivity index (χ2n) is 5.60. The molecule has 0 radical (unpaired) electrons. The van der Waals surface area contributed by atoms with E-state index in [9.17, 15) is 0 Å². The molecule has 1 N–H and O–H groups in total. The molecular formula is C17H35NS2. The van der Waals surface area contributed by atoms with Gasteiger partial charge in [-0.05, 0) is 12.8 Å². The molecule has 0 saturated heterocycles. The van der Waals surface area contributed by atoms with Crippen LogP contribution in [-0.2, 0) is 0 Å². The highest BCUT2D eigenvalue weighted by Crippen LogP contribution is 2.11. The van der Waals surface area contributed by atoms with Crippen LogP contribution in [-0.4, -0.2) is 16.6 Å². The Labute approximate surface area is 137 Å². The predicted octanol–water partition coefficient (Wildman–Crippen LogP) is 6.32. The molecule has 3 heteroatoms. The van der Waals surface area contributed by atoms with Crippen LogP contribution in [0.25, 0.3) is 0 Å². The van der Waals surface area contributed by atoms with Gasteiger partial charge in [-0.2, -0.15) is 0 Å². The molecule has 0 heterocycles. The summed E-state index contributed by atoms with van der Waals surface area (Å²) in [6, 6.07) is 0. The van der Waals surface area contributed by atoms with Gasteiger partial charge < -0.3 is 5.32 Å². The monoisotopic (exact) mass is 317 g/mol. The van der Waals surface area contributed by atoms with E-state index < -0.39 is 0 Å². The zero-order valence-electron chi connectivity index (χ0n) is 13.7. The van der Waals surface area contributed by atoms with E-state index in [4.69, 9.17) is 12.2 Å². The van der Waals surface area contributed by atoms with Crippen LogP contribution in [0.2, 0.25) is 0 Å². The number of thioether (sulfide) groups is 1. The molecule has 0 aromatic heterocycles. The molecule has 120 valence electrons. The lowest BCUT2D eigenvalue weighted by atomic mass is 10.1. The standard InChI is InChI=1S/C17H35NS2/c1-3-5-7-9-10-11-12-14-16-20-17(19)18-15-13-8-6-4-2/h3-16H2,1-2H3,(H,18,19). The van der Waals surface area contributed by atoms with Gasteiger partial charge in [-0.1, -0.05) is 102 Å². The highest BCUT2D eigenvalue weighted by molar-refractivity contribution is 8.22. The summed E-state index contributed by atoms with van der Waals surface area (Å²) in [5.41, 5.74) is 0. The van der Waals surface area contributed by atoms with Crippen LogP contribution in [0, 0.1) is 0 Å². The fourth-order valence-corrected chi connectivity index (χ4v) is 3.28. The fraction of sp³-hybridized carbons (Fsp3) is 0.941. The summed E-state index contributed by atoms with van der Waals surface area (Å²) in [5.74, 6) is 1.19. The van der Waals surface area contributed by atoms with Crippen LogP contribution in [0.3, 0.4) is 0 Å². The van der Waals surface area contributed by atoms with Crippen LogP contribution >= 0.6 is 24.0 Å². The lowest BCUT2D eigenvalue weighted by molar-refractivity contribution is 0.586. The summed E-state index contributed by atoms with van der Waals surface area (Å²) in [6.45, 7) is 5.58. The van der Waals surface area contributed by atoms with E-state index in [1.807, 2.05) is 11.8 Å². The van der Waals surface area contributed by atoms with Crippen molar-refractivity contribution in [2.75, 3.05) is 12.3 Å². The van der Waals surface area contributed by atoms with Crippen molar-refractivity contribution in [3.05, 3.63) is 0 Å². The third-order valence-corrected chi connectivity index (χ3v) is 4.93. The quantitative estimate of drug-likeness (QED) is 0.297. The van der Waals surface area contributed by atoms with Gasteiger partial charge in [0, 0.05) is 12.3 Å². The van der Waals surface area contributed by atoms with Crippen LogP contribution in [0.15, 0.2) is 0 Å². The van der Waals surface area contributed by atoms with Gasteiger partial charge in [0.2, 0.25) is 0 Å². The van der Waals surface area contributed by atoms with E-state index in [2.05, 4.69) is 19.2 Å². The first-order chi connectivity index (χ1) is 9.81. The second kappa shape index (κ2) is 17.3. The Kier molecular flexibility index (Phi) is 17.5. The van der Waals surface area contributed by atoms with E-state index in [-0.39, 0.29) is 0 Å². The van der Waals surface area contributed by atoms with Crippen molar-refractivity contribution in [3.8, 4) is 0 Å². The summed E-state index contributed by atoms with van der Waals surface area (Å²) in [7, 11) is 0. The third kappa shape index (κ3) is 16.3. The maximum absolute atomic E-state index is 5.33. The average Bonchev–Trinajstić information content (AvgIpc) is 2.45. The summed E-state index contributed by atoms with van der Waals surface area (Å²) in [4.78, 5) is 0. The van der Waals surface area contributed by atoms with Crippen LogP contribution in [0.1, 0.15) is 90.9 Å². The van der Waals surface area contributed by atoms with Crippen LogP contribution in [0.5, 0.6) is 0 Å². The topological polar surface area (TPSA) is 12.0 Å². The van der Waals surface area contributed by atoms with Gasteiger partial charge >= 0.3 is 0 Å². The van der Waals surface area contributed by atoms with Crippen molar-refractivity contribution in [2.45, 2.75) is 90.9 Å². The molecule has 0 atom stereocenters. The number of unbranched alkanes of at least 4 members (excludes halogenated alkanes) is 10. The van der Waals surface area contributed by atoms with Crippen molar-refractivity contribution in [3.63, 3.8) is 0 Å². The number of rotatable bonds is 14. The van der Waals surface area contributed by atoms with Crippen molar-refractivity contribution in [2.24, 2.45) is 0 Å². The molecule has 0 unspecified atom stereocenters. The normalized spacial score (nSPS) is 10.7. The maximum Gasteiger partial charge on any atom is 0.133 e. The van der Waals surface area contributed by atoms with E-state index in [0.717, 1.165) is 10.9 Å². The van der Waals surface area contributed by atoms with Gasteiger partial charge in [0.15, 0.2) is 0 Å². The predicted molar refractivity (Wildman–Crippen MR) is 99.8 cm³/mol. The molecule has 0 amide bonds. The summed E-state index contributed by atoms with van der Waals surface area (Å²) in [6.07, 6.45) is 16.4. The van der Waals surface area contributed by atoms with Gasteiger partial charge in [-0.15, -0.1) is 0 Å². The largest absolute Gasteiger partial charge is 0.371 e. The minimum Gasteiger partial charge on any atom is -0.371 e. The van der Waals surface area contributed by atoms with Gasteiger partial charge in [0.25, 0.3) is 0 Å². The number of hydrogen-bond acceptors (Lipinski definition) is 2. The van der Waals surface area contributed by atoms with Crippen molar-refractivity contribution in [1.82, 2.24) is 5.32 Å². The number of hydrogen-bond donors (Lipinski definition) is 1. The van der Waals surface area contributed by atoms with Gasteiger partial charge in [-0.25, -0.2) is 0 Å². The molecule has 0 aromatic carbocycles. The fourth-order valence-electron chi connectivity index (χ4n) is 2.19. The molecule has 0 spiro atoms. The Balaban J connectivity index is 3.11. The SMILES string of the molecule is CCCCCCCCCCSC(=S)NCCCCCC. The average molecular weight is 318 g/mol. The molecule has 1 nitrogen and oxygen atoms in total. The van der Waals surface area contributed by atoms with E-state index in [1.165, 1.54) is 82.8 Å². The first kappa shape index (κ1) is 20.2. The Hall–Kier alpha value is 0.240. The van der Waals surface area contributed by atoms with E-state index in [0.29, 0.717) is 0 Å². The number of thiocarbonyl (C=S) groups is 1. The molecule has 0 aliphatic rings. The second-order valence-corrected chi connectivity index (χ2v) is 7.37. The lowest BCUT2D eigenvalue weighted by Gasteiger charge is -2.07. The van der Waals surface area contributed by atoms with Gasteiger partial charge in [-0.3, -0.25) is 0 Å². The molecule has 0 saturated carbocycles. The molecule has 20 heavy (non-hydrogen) atoms. The summed E-state index contributed by atoms with van der Waals surface area (Å²) < 4.78 is 1.00. The zero-order chi connectivity index (χ0) is 14.9. The number of nitrogens with one attached hydrogen (secondary N) is 1. The smallest absolute Gasteiger partial charge is 0.133 e. The highest BCUT2D eigenvalue weighted by atomic mass is 32.2. The molecule has 0 bridgehead atoms. The van der Waals surface area contributed by atoms with Crippen LogP contribution < -0.4 is 5.32 Å². The molecule has 0 rings (SSSR count). The molecular weight excluding hydrogens is 282 g/mol. The van der Waals surface area contributed by atoms with Crippen molar-refractivity contribution >= 4 is 28.3 Å². The first-order valence-corrected chi connectivity index (χ1v) is 10.1. The third-order valence-electron chi connectivity index (χ3n) is 3.53. The van der Waals surface area contributed by atoms with E-state index >= 15 is 0 Å². The van der Waals surface area contributed by atoms with Crippen LogP contribution in [0.4, 0.5) is 0 Å². The first-order valence-electron chi connectivity index (χ1n) is 8.71. The summed E-state index contributed by atoms with van der Waals surface area (Å²) >= 11 is 7.16. The minimum absolute atomic E-state index is 1.00. The lowest BCUT2D eigenvalue weighted by Crippen LogP contribution is -2.19. The van der Waals surface area contributed by atoms with Gasteiger partial charge in [0.05, 0.1) is 0 Å². The molecule has 0 aliphatic carbocycles. The van der Waals surface area contributed by atoms with Crippen molar-refractivity contribution in [1.29, 1.82) is 0 Å². The summed E-state index contributed by atoms with van der Waals surface area (Å²) in [5, 5.41) is 3.36. The highest BCUT2D eigenvalue weighted by Gasteiger charge is 1.97. The maximum atomic E-state index is 5.33. The Morgan fingerprint density at radius 3 is 1.85 bits per heavy atom.